The van der Waals surface area contributed by atoms with Crippen LogP contribution in [0, 0.1) is 0 Å². The maximum atomic E-state index is 12.2. The molecule has 0 aromatic carbocycles. The van der Waals surface area contributed by atoms with Gasteiger partial charge in [0.1, 0.15) is 0 Å². The summed E-state index contributed by atoms with van der Waals surface area (Å²) in [6, 6.07) is 0.340. The normalized spacial score (nSPS) is 19.6. The summed E-state index contributed by atoms with van der Waals surface area (Å²) in [5.74, 6) is 0.295. The average molecular weight is 333 g/mol. The Kier molecular flexibility index (Phi) is 5.72. The molecule has 2 aliphatic rings. The van der Waals surface area contributed by atoms with Crippen molar-refractivity contribution >= 4 is 11.9 Å². The van der Waals surface area contributed by atoms with Crippen LogP contribution in [-0.4, -0.2) is 63.5 Å². The lowest BCUT2D eigenvalue weighted by atomic mass is 10.00. The van der Waals surface area contributed by atoms with E-state index in [1.165, 1.54) is 0 Å². The Morgan fingerprint density at radius 1 is 1.25 bits per heavy atom. The summed E-state index contributed by atoms with van der Waals surface area (Å²) in [4.78, 5) is 32.2. The van der Waals surface area contributed by atoms with E-state index >= 15 is 0 Å². The third-order valence-corrected chi connectivity index (χ3v) is 4.98. The van der Waals surface area contributed by atoms with E-state index in [9.17, 15) is 9.59 Å². The van der Waals surface area contributed by atoms with Gasteiger partial charge in [0, 0.05) is 57.6 Å². The first-order valence-corrected chi connectivity index (χ1v) is 9.02. The van der Waals surface area contributed by atoms with E-state index in [-0.39, 0.29) is 6.03 Å². The van der Waals surface area contributed by atoms with E-state index in [1.54, 1.807) is 12.5 Å². The zero-order valence-electron chi connectivity index (χ0n) is 14.2. The molecule has 1 aromatic heterocycles. The number of hydrogen-bond donors (Lipinski definition) is 1. The molecule has 0 bridgehead atoms. The highest BCUT2D eigenvalue weighted by Gasteiger charge is 2.30. The van der Waals surface area contributed by atoms with Gasteiger partial charge in [-0.2, -0.15) is 0 Å². The SMILES string of the molecule is O=C(NCCCn1ccnc1)N1CCC(N2CCCCC2=O)CC1. The van der Waals surface area contributed by atoms with Crippen molar-refractivity contribution in [3.8, 4) is 0 Å². The van der Waals surface area contributed by atoms with Gasteiger partial charge in [0.05, 0.1) is 6.33 Å². The Hall–Kier alpha value is -2.05. The second-order valence-electron chi connectivity index (χ2n) is 6.65. The molecule has 0 saturated carbocycles. The summed E-state index contributed by atoms with van der Waals surface area (Å²) in [5, 5.41) is 2.99. The van der Waals surface area contributed by atoms with Gasteiger partial charge in [-0.1, -0.05) is 0 Å². The Balaban J connectivity index is 1.35. The maximum absolute atomic E-state index is 12.2. The van der Waals surface area contributed by atoms with Crippen LogP contribution >= 0.6 is 0 Å². The number of aryl methyl sites for hydroxylation is 1. The first kappa shape index (κ1) is 16.8. The molecular formula is C17H27N5O2. The minimum Gasteiger partial charge on any atom is -0.340 e. The molecule has 0 spiro atoms. The topological polar surface area (TPSA) is 70.5 Å². The Morgan fingerprint density at radius 2 is 2.08 bits per heavy atom. The summed E-state index contributed by atoms with van der Waals surface area (Å²) >= 11 is 0. The van der Waals surface area contributed by atoms with Gasteiger partial charge in [-0.3, -0.25) is 4.79 Å². The Labute approximate surface area is 143 Å². The molecule has 3 heterocycles. The van der Waals surface area contributed by atoms with E-state index in [0.717, 1.165) is 58.3 Å². The van der Waals surface area contributed by atoms with Crippen LogP contribution < -0.4 is 5.32 Å². The van der Waals surface area contributed by atoms with Crippen molar-refractivity contribution in [1.82, 2.24) is 24.7 Å². The number of nitrogens with one attached hydrogen (secondary N) is 1. The van der Waals surface area contributed by atoms with Gasteiger partial charge in [0.25, 0.3) is 0 Å². The van der Waals surface area contributed by atoms with Crippen LogP contribution in [-0.2, 0) is 11.3 Å². The predicted octanol–water partition coefficient (Wildman–Crippen LogP) is 1.46. The van der Waals surface area contributed by atoms with Crippen molar-refractivity contribution in [3.63, 3.8) is 0 Å². The lowest BCUT2D eigenvalue weighted by Crippen LogP contribution is -2.52. The second-order valence-corrected chi connectivity index (χ2v) is 6.65. The molecule has 0 radical (unpaired) electrons. The van der Waals surface area contributed by atoms with Crippen LogP contribution in [0.2, 0.25) is 0 Å². The first-order valence-electron chi connectivity index (χ1n) is 9.02. The van der Waals surface area contributed by atoms with Gasteiger partial charge in [-0.05, 0) is 32.1 Å². The molecule has 0 atom stereocenters. The average Bonchev–Trinajstić information content (AvgIpc) is 3.13. The Morgan fingerprint density at radius 3 is 2.79 bits per heavy atom. The lowest BCUT2D eigenvalue weighted by Gasteiger charge is -2.40. The molecular weight excluding hydrogens is 306 g/mol. The molecule has 24 heavy (non-hydrogen) atoms. The number of imidazole rings is 1. The molecule has 132 valence electrons. The fourth-order valence-corrected chi connectivity index (χ4v) is 3.58. The molecule has 2 aliphatic heterocycles. The maximum Gasteiger partial charge on any atom is 0.317 e. The number of aromatic nitrogens is 2. The number of carbonyl (C=O) groups is 2. The van der Waals surface area contributed by atoms with Crippen molar-refractivity contribution < 1.29 is 9.59 Å². The zero-order valence-corrected chi connectivity index (χ0v) is 14.2. The second kappa shape index (κ2) is 8.17. The predicted molar refractivity (Wildman–Crippen MR) is 90.4 cm³/mol. The van der Waals surface area contributed by atoms with Crippen molar-refractivity contribution in [3.05, 3.63) is 18.7 Å². The largest absolute Gasteiger partial charge is 0.340 e. The van der Waals surface area contributed by atoms with Crippen molar-refractivity contribution in [1.29, 1.82) is 0 Å². The smallest absolute Gasteiger partial charge is 0.317 e. The third kappa shape index (κ3) is 4.27. The summed E-state index contributed by atoms with van der Waals surface area (Å²) in [5.41, 5.74) is 0. The number of rotatable bonds is 5. The third-order valence-electron chi connectivity index (χ3n) is 4.98. The fourth-order valence-electron chi connectivity index (χ4n) is 3.58. The number of urea groups is 1. The van der Waals surface area contributed by atoms with Crippen molar-refractivity contribution in [2.75, 3.05) is 26.2 Å². The number of nitrogens with zero attached hydrogens (tertiary/aromatic N) is 4. The van der Waals surface area contributed by atoms with E-state index in [0.29, 0.717) is 24.9 Å². The minimum absolute atomic E-state index is 0.0176. The van der Waals surface area contributed by atoms with E-state index in [4.69, 9.17) is 0 Å². The van der Waals surface area contributed by atoms with Gasteiger partial charge in [0.15, 0.2) is 0 Å². The van der Waals surface area contributed by atoms with Crippen LogP contribution in [0.25, 0.3) is 0 Å². The summed E-state index contributed by atoms with van der Waals surface area (Å²) < 4.78 is 2.01. The molecule has 7 heteroatoms. The molecule has 2 saturated heterocycles. The standard InChI is InChI=1S/C17H27N5O2/c23-16-4-1-2-10-22(16)15-5-11-21(12-6-15)17(24)19-7-3-9-20-13-8-18-14-20/h8,13-15H,1-7,9-12H2,(H,19,24). The summed E-state index contributed by atoms with van der Waals surface area (Å²) in [6.07, 6.45) is 11.0. The van der Waals surface area contributed by atoms with Crippen LogP contribution in [0.1, 0.15) is 38.5 Å². The number of amides is 3. The molecule has 7 nitrogen and oxygen atoms in total. The van der Waals surface area contributed by atoms with Gasteiger partial charge < -0.3 is 19.7 Å². The lowest BCUT2D eigenvalue weighted by molar-refractivity contribution is -0.136. The molecule has 3 rings (SSSR count). The van der Waals surface area contributed by atoms with Crippen LogP contribution in [0.3, 0.4) is 0 Å². The van der Waals surface area contributed by atoms with E-state index in [1.807, 2.05) is 20.6 Å². The first-order chi connectivity index (χ1) is 11.7. The van der Waals surface area contributed by atoms with Crippen molar-refractivity contribution in [2.45, 2.75) is 51.1 Å². The van der Waals surface area contributed by atoms with E-state index in [2.05, 4.69) is 10.3 Å². The number of likely N-dealkylation sites (tertiary alicyclic amines) is 2. The van der Waals surface area contributed by atoms with Crippen LogP contribution in [0.15, 0.2) is 18.7 Å². The summed E-state index contributed by atoms with van der Waals surface area (Å²) in [7, 11) is 0. The summed E-state index contributed by atoms with van der Waals surface area (Å²) in [6.45, 7) is 3.90. The number of piperidine rings is 2. The molecule has 3 amide bonds. The van der Waals surface area contributed by atoms with Crippen LogP contribution in [0.5, 0.6) is 0 Å². The Bertz CT molecular complexity index is 537. The van der Waals surface area contributed by atoms with Gasteiger partial charge in [0.2, 0.25) is 5.91 Å². The zero-order chi connectivity index (χ0) is 16.8. The van der Waals surface area contributed by atoms with Crippen molar-refractivity contribution in [2.24, 2.45) is 0 Å². The minimum atomic E-state index is 0.0176. The van der Waals surface area contributed by atoms with Gasteiger partial charge >= 0.3 is 6.03 Å². The highest BCUT2D eigenvalue weighted by atomic mass is 16.2. The molecule has 0 unspecified atom stereocenters. The van der Waals surface area contributed by atoms with Gasteiger partial charge in [-0.15, -0.1) is 0 Å². The number of hydrogen-bond acceptors (Lipinski definition) is 3. The highest BCUT2D eigenvalue weighted by Crippen LogP contribution is 2.21. The number of carbonyl (C=O) groups excluding carboxylic acids is 2. The fraction of sp³-hybridized carbons (Fsp3) is 0.706. The van der Waals surface area contributed by atoms with Gasteiger partial charge in [-0.25, -0.2) is 9.78 Å². The molecule has 0 aliphatic carbocycles. The van der Waals surface area contributed by atoms with Crippen LogP contribution in [0.4, 0.5) is 4.79 Å². The molecule has 1 aromatic rings. The molecule has 1 N–H and O–H groups in total. The monoisotopic (exact) mass is 333 g/mol. The quantitative estimate of drug-likeness (QED) is 0.829. The molecule has 2 fully saturated rings. The highest BCUT2D eigenvalue weighted by molar-refractivity contribution is 5.77. The van der Waals surface area contributed by atoms with E-state index < -0.39 is 0 Å².